The fraction of sp³-hybridized carbons (Fsp3) is 0.500. The topological polar surface area (TPSA) is 59.4 Å². The Hall–Kier alpha value is -1.90. The summed E-state index contributed by atoms with van der Waals surface area (Å²) in [5, 5.41) is 11.6. The highest BCUT2D eigenvalue weighted by Gasteiger charge is 2.06. The lowest BCUT2D eigenvalue weighted by atomic mass is 10.2. The van der Waals surface area contributed by atoms with Crippen molar-refractivity contribution in [1.82, 2.24) is 9.80 Å². The second-order valence-corrected chi connectivity index (χ2v) is 5.45. The standard InChI is InChI=1S/C16H24N4O/c1-19(2)9-5-10-20(3)11-8-16(21)18-15-7-4-6-14(12-15)13-17/h4,6-7,12H,5,8-11H2,1-3H3,(H,18,21). The maximum absolute atomic E-state index is 11.9. The van der Waals surface area contributed by atoms with Crippen LogP contribution in [-0.4, -0.2) is 56.5 Å². The van der Waals surface area contributed by atoms with E-state index in [2.05, 4.69) is 35.3 Å². The van der Waals surface area contributed by atoms with E-state index in [1.54, 1.807) is 24.3 Å². The Morgan fingerprint density at radius 2 is 2.00 bits per heavy atom. The van der Waals surface area contributed by atoms with Gasteiger partial charge in [-0.05, 0) is 58.9 Å². The fourth-order valence-electron chi connectivity index (χ4n) is 1.95. The van der Waals surface area contributed by atoms with Gasteiger partial charge in [0.15, 0.2) is 0 Å². The molecule has 0 aliphatic rings. The number of hydrogen-bond donors (Lipinski definition) is 1. The smallest absolute Gasteiger partial charge is 0.225 e. The normalized spacial score (nSPS) is 10.7. The van der Waals surface area contributed by atoms with E-state index in [1.807, 2.05) is 7.05 Å². The summed E-state index contributed by atoms with van der Waals surface area (Å²) in [5.74, 6) is -0.0236. The van der Waals surface area contributed by atoms with Crippen molar-refractivity contribution in [3.05, 3.63) is 29.8 Å². The third kappa shape index (κ3) is 7.45. The van der Waals surface area contributed by atoms with Crippen molar-refractivity contribution >= 4 is 11.6 Å². The van der Waals surface area contributed by atoms with Gasteiger partial charge in [0, 0.05) is 18.7 Å². The van der Waals surface area contributed by atoms with Gasteiger partial charge >= 0.3 is 0 Å². The minimum Gasteiger partial charge on any atom is -0.326 e. The Bertz CT molecular complexity index is 493. The number of nitriles is 1. The quantitative estimate of drug-likeness (QED) is 0.792. The molecule has 1 aromatic rings. The second-order valence-electron chi connectivity index (χ2n) is 5.45. The first-order chi connectivity index (χ1) is 10.0. The number of nitrogens with zero attached hydrogens (tertiary/aromatic N) is 3. The third-order valence-corrected chi connectivity index (χ3v) is 3.14. The molecule has 0 heterocycles. The van der Waals surface area contributed by atoms with Crippen molar-refractivity contribution in [2.75, 3.05) is 46.1 Å². The number of carbonyl (C=O) groups is 1. The summed E-state index contributed by atoms with van der Waals surface area (Å²) in [6, 6.07) is 9.01. The predicted octanol–water partition coefficient (Wildman–Crippen LogP) is 1.77. The largest absolute Gasteiger partial charge is 0.326 e. The lowest BCUT2D eigenvalue weighted by Crippen LogP contribution is -2.27. The van der Waals surface area contributed by atoms with E-state index in [0.29, 0.717) is 17.7 Å². The Labute approximate surface area is 127 Å². The highest BCUT2D eigenvalue weighted by molar-refractivity contribution is 5.90. The summed E-state index contributed by atoms with van der Waals surface area (Å²) in [4.78, 5) is 16.2. The van der Waals surface area contributed by atoms with Crippen LogP contribution in [0.15, 0.2) is 24.3 Å². The molecule has 114 valence electrons. The van der Waals surface area contributed by atoms with Crippen molar-refractivity contribution in [3.63, 3.8) is 0 Å². The molecule has 1 rings (SSSR count). The molecule has 0 bridgehead atoms. The zero-order valence-electron chi connectivity index (χ0n) is 13.1. The molecule has 1 aromatic carbocycles. The average molecular weight is 288 g/mol. The Morgan fingerprint density at radius 3 is 2.67 bits per heavy atom. The summed E-state index contributed by atoms with van der Waals surface area (Å²) < 4.78 is 0. The van der Waals surface area contributed by atoms with Gasteiger partial charge in [-0.3, -0.25) is 4.79 Å². The number of nitrogens with one attached hydrogen (secondary N) is 1. The number of amides is 1. The zero-order valence-corrected chi connectivity index (χ0v) is 13.1. The van der Waals surface area contributed by atoms with Gasteiger partial charge in [-0.2, -0.15) is 5.26 Å². The average Bonchev–Trinajstić information content (AvgIpc) is 2.45. The fourth-order valence-corrected chi connectivity index (χ4v) is 1.95. The molecule has 1 amide bonds. The first kappa shape index (κ1) is 17.2. The SMILES string of the molecule is CN(C)CCCN(C)CCC(=O)Nc1cccc(C#N)c1. The van der Waals surface area contributed by atoms with Crippen LogP contribution in [-0.2, 0) is 4.79 Å². The molecule has 0 spiro atoms. The Kier molecular flexibility index (Phi) is 7.44. The molecule has 0 saturated carbocycles. The Balaban J connectivity index is 2.29. The molecule has 0 unspecified atom stereocenters. The van der Waals surface area contributed by atoms with Crippen LogP contribution in [0.2, 0.25) is 0 Å². The van der Waals surface area contributed by atoms with E-state index >= 15 is 0 Å². The van der Waals surface area contributed by atoms with Crippen LogP contribution >= 0.6 is 0 Å². The first-order valence-electron chi connectivity index (χ1n) is 7.14. The molecule has 5 heteroatoms. The van der Waals surface area contributed by atoms with Gasteiger partial charge in [-0.25, -0.2) is 0 Å². The Morgan fingerprint density at radius 1 is 1.24 bits per heavy atom. The monoisotopic (exact) mass is 288 g/mol. The second kappa shape index (κ2) is 9.11. The number of rotatable bonds is 8. The van der Waals surface area contributed by atoms with Gasteiger partial charge in [0.25, 0.3) is 0 Å². The summed E-state index contributed by atoms with van der Waals surface area (Å²) >= 11 is 0. The summed E-state index contributed by atoms with van der Waals surface area (Å²) in [7, 11) is 6.14. The molecular formula is C16H24N4O. The summed E-state index contributed by atoms with van der Waals surface area (Å²) in [5.41, 5.74) is 1.22. The highest BCUT2D eigenvalue weighted by atomic mass is 16.1. The molecule has 0 radical (unpaired) electrons. The molecule has 21 heavy (non-hydrogen) atoms. The summed E-state index contributed by atoms with van der Waals surface area (Å²) in [6.45, 7) is 2.77. The van der Waals surface area contributed by atoms with E-state index in [4.69, 9.17) is 5.26 Å². The summed E-state index contributed by atoms with van der Waals surface area (Å²) in [6.07, 6.45) is 1.55. The van der Waals surface area contributed by atoms with Crippen LogP contribution in [0.5, 0.6) is 0 Å². The van der Waals surface area contributed by atoms with Crippen molar-refractivity contribution in [2.45, 2.75) is 12.8 Å². The van der Waals surface area contributed by atoms with Gasteiger partial charge in [-0.15, -0.1) is 0 Å². The van der Waals surface area contributed by atoms with Crippen LogP contribution in [0.4, 0.5) is 5.69 Å². The van der Waals surface area contributed by atoms with Crippen LogP contribution in [0.3, 0.4) is 0 Å². The molecule has 5 nitrogen and oxygen atoms in total. The number of hydrogen-bond acceptors (Lipinski definition) is 4. The van der Waals surface area contributed by atoms with E-state index in [9.17, 15) is 4.79 Å². The van der Waals surface area contributed by atoms with Crippen LogP contribution in [0, 0.1) is 11.3 Å². The van der Waals surface area contributed by atoms with Gasteiger partial charge in [0.05, 0.1) is 11.6 Å². The van der Waals surface area contributed by atoms with Gasteiger partial charge in [0.1, 0.15) is 0 Å². The minimum atomic E-state index is -0.0236. The number of carbonyl (C=O) groups excluding carboxylic acids is 1. The maximum Gasteiger partial charge on any atom is 0.225 e. The molecule has 0 saturated heterocycles. The lowest BCUT2D eigenvalue weighted by Gasteiger charge is -2.17. The van der Waals surface area contributed by atoms with E-state index in [-0.39, 0.29) is 5.91 Å². The van der Waals surface area contributed by atoms with Crippen molar-refractivity contribution in [2.24, 2.45) is 0 Å². The highest BCUT2D eigenvalue weighted by Crippen LogP contribution is 2.10. The third-order valence-electron chi connectivity index (χ3n) is 3.14. The van der Waals surface area contributed by atoms with Gasteiger partial charge in [0.2, 0.25) is 5.91 Å². The molecule has 0 fully saturated rings. The minimum absolute atomic E-state index is 0.0236. The number of anilines is 1. The van der Waals surface area contributed by atoms with Gasteiger partial charge in [-0.1, -0.05) is 6.07 Å². The zero-order chi connectivity index (χ0) is 15.7. The van der Waals surface area contributed by atoms with E-state index in [0.717, 1.165) is 26.1 Å². The molecular weight excluding hydrogens is 264 g/mol. The first-order valence-corrected chi connectivity index (χ1v) is 7.14. The van der Waals surface area contributed by atoms with Gasteiger partial charge < -0.3 is 15.1 Å². The maximum atomic E-state index is 11.9. The predicted molar refractivity (Wildman–Crippen MR) is 85.1 cm³/mol. The molecule has 0 aliphatic heterocycles. The van der Waals surface area contributed by atoms with Crippen molar-refractivity contribution in [3.8, 4) is 6.07 Å². The van der Waals surface area contributed by atoms with Crippen LogP contribution in [0.25, 0.3) is 0 Å². The van der Waals surface area contributed by atoms with Crippen LogP contribution in [0.1, 0.15) is 18.4 Å². The van der Waals surface area contributed by atoms with Crippen molar-refractivity contribution in [1.29, 1.82) is 5.26 Å². The van der Waals surface area contributed by atoms with E-state index in [1.165, 1.54) is 0 Å². The van der Waals surface area contributed by atoms with E-state index < -0.39 is 0 Å². The molecule has 1 N–H and O–H groups in total. The molecule has 0 aromatic heterocycles. The molecule has 0 atom stereocenters. The number of benzene rings is 1. The van der Waals surface area contributed by atoms with Crippen LogP contribution < -0.4 is 5.32 Å². The lowest BCUT2D eigenvalue weighted by molar-refractivity contribution is -0.116. The molecule has 0 aliphatic carbocycles. The van der Waals surface area contributed by atoms with Crippen molar-refractivity contribution < 1.29 is 4.79 Å².